The average Bonchev–Trinajstić information content (AvgIpc) is 3.33. The van der Waals surface area contributed by atoms with E-state index in [1.807, 2.05) is 37.3 Å². The van der Waals surface area contributed by atoms with E-state index in [0.717, 1.165) is 7.11 Å². The van der Waals surface area contributed by atoms with Gasteiger partial charge >= 0.3 is 11.9 Å². The molecular weight excluding hydrogens is 982 g/mol. The second-order valence-electron chi connectivity index (χ2n) is 19.5. The van der Waals surface area contributed by atoms with Gasteiger partial charge in [-0.15, -0.1) is 0 Å². The lowest BCUT2D eigenvalue weighted by molar-refractivity contribution is -0.308. The van der Waals surface area contributed by atoms with E-state index in [9.17, 15) is 60.7 Å². The predicted molar refractivity (Wildman–Crippen MR) is 276 cm³/mol. The van der Waals surface area contributed by atoms with Crippen LogP contribution in [0.3, 0.4) is 0 Å². The van der Waals surface area contributed by atoms with Crippen LogP contribution in [0.4, 0.5) is 0 Å². The first-order valence-corrected chi connectivity index (χ1v) is 25.6. The quantitative estimate of drug-likeness (QED) is 0.149. The van der Waals surface area contributed by atoms with Crippen molar-refractivity contribution in [1.29, 1.82) is 0 Å². The molecule has 0 aliphatic carbocycles. The van der Waals surface area contributed by atoms with Crippen LogP contribution in [-0.2, 0) is 33.3 Å². The van der Waals surface area contributed by atoms with Gasteiger partial charge in [0, 0.05) is 48.8 Å². The Bertz CT molecular complexity index is 2110. The van der Waals surface area contributed by atoms with Gasteiger partial charge in [0.15, 0.2) is 12.1 Å². The lowest BCUT2D eigenvalue weighted by atomic mass is 9.82. The number of hydrogen-bond acceptors (Lipinski definition) is 18. The summed E-state index contributed by atoms with van der Waals surface area (Å²) in [7, 11) is 1.13. The molecule has 2 bridgehead atoms. The summed E-state index contributed by atoms with van der Waals surface area (Å²) in [6, 6.07) is 5.65. The summed E-state index contributed by atoms with van der Waals surface area (Å²) in [5, 5.41) is 111. The molecule has 19 heteroatoms. The van der Waals surface area contributed by atoms with Gasteiger partial charge in [-0.05, 0) is 50.8 Å². The number of halogens is 1. The number of cyclic esters (lactones) is 1. The molecule has 1 aromatic carbocycles. The first kappa shape index (κ1) is 62.3. The lowest BCUT2D eigenvalue weighted by Crippen LogP contribution is -2.58. The Morgan fingerprint density at radius 3 is 1.89 bits per heavy atom. The third-order valence-corrected chi connectivity index (χ3v) is 13.6. The monoisotopic (exact) mass is 1060 g/mol. The average molecular weight is 1060 g/mol. The molecule has 0 unspecified atom stereocenters. The molecule has 3 aliphatic rings. The Kier molecular flexibility index (Phi) is 26.2. The summed E-state index contributed by atoms with van der Waals surface area (Å²) < 4.78 is 29.0. The standard InChI is InChI=1S/C55H78ClNO17/c1-33-18-16-14-12-10-8-6-7-9-11-13-15-17-19-42(73-54-52(67)49(51(66)36(4)72-54)57-32-37-20-22-38(56)23-21-37)29-46-48(53(68)70-5)45(63)31-55(69,74-46)30-41(60)26-39(58)24-25-43(61)44(62)27-40(59)28-47(64)71-35(3)34(2)50(33)65/h6-23,32-36,39-46,48-52,54,58-63,65-67,69H,24-31H2,1-5H3/b7-6+,10-8+,11-9+,14-12+,15-13+,18-16+,19-17+,57-32?/t33-,34+,35-,36+,39-,40+,41-,42-,43-,44-,45-,46-,48+,49-,50+,51+,52-,54-,55+/m0/s1. The van der Waals surface area contributed by atoms with Crippen molar-refractivity contribution in [1.82, 2.24) is 0 Å². The fourth-order valence-electron chi connectivity index (χ4n) is 8.93. The molecule has 0 radical (unpaired) electrons. The zero-order valence-corrected chi connectivity index (χ0v) is 43.4. The van der Waals surface area contributed by atoms with Crippen LogP contribution in [0.25, 0.3) is 0 Å². The number of methoxy groups -OCH3 is 1. The Labute approximate surface area is 439 Å². The SMILES string of the molecule is COC(=O)[C@H]1[C@@H]2C[C@@H](O[C@@H]3O[C@H](C)[C@@H](O)[C@H](N=Cc4ccc(Cl)cc4)[C@@H]3O)/C=C/C=C/C=C/C=C/C=C/C=C/C=C/[C@H](C)[C@@H](O)[C@H](C)[C@H](C)OC(=O)C[C@H](O)C[C@H](O)[C@@H](O)CC[C@H](O)C[C@H](O)C[C@](O)(C[C@@H]1O)O2. The van der Waals surface area contributed by atoms with E-state index in [1.54, 1.807) is 99.7 Å². The van der Waals surface area contributed by atoms with Crippen LogP contribution in [0.5, 0.6) is 0 Å². The number of nitrogens with zero attached hydrogens (tertiary/aromatic N) is 1. The largest absolute Gasteiger partial charge is 0.469 e. The normalized spacial score (nSPS) is 41.4. The van der Waals surface area contributed by atoms with Crippen LogP contribution in [0.1, 0.15) is 84.6 Å². The molecule has 0 amide bonds. The maximum absolute atomic E-state index is 13.3. The molecule has 2 saturated heterocycles. The van der Waals surface area contributed by atoms with Crippen molar-refractivity contribution < 1.29 is 84.3 Å². The molecule has 19 atom stereocenters. The van der Waals surface area contributed by atoms with Crippen LogP contribution < -0.4 is 0 Å². The first-order valence-electron chi connectivity index (χ1n) is 25.2. The third-order valence-electron chi connectivity index (χ3n) is 13.4. The summed E-state index contributed by atoms with van der Waals surface area (Å²) in [6.07, 6.45) is 5.64. The maximum Gasteiger partial charge on any atom is 0.313 e. The molecule has 2 fully saturated rings. The van der Waals surface area contributed by atoms with Crippen LogP contribution in [0.15, 0.2) is 114 Å². The number of hydrogen-bond donors (Lipinski definition) is 10. The summed E-state index contributed by atoms with van der Waals surface area (Å²) in [4.78, 5) is 30.4. The van der Waals surface area contributed by atoms with E-state index < -0.39 is 147 Å². The highest BCUT2D eigenvalue weighted by Gasteiger charge is 2.51. The van der Waals surface area contributed by atoms with Gasteiger partial charge in [0.1, 0.15) is 30.3 Å². The number of ether oxygens (including phenoxy) is 5. The number of benzene rings is 1. The molecular formula is C55H78ClNO17. The van der Waals surface area contributed by atoms with Gasteiger partial charge in [0.2, 0.25) is 0 Å². The summed E-state index contributed by atoms with van der Waals surface area (Å²) in [5.41, 5.74) is 0.653. The number of allylic oxidation sites excluding steroid dienone is 12. The van der Waals surface area contributed by atoms with Gasteiger partial charge < -0.3 is 74.7 Å². The van der Waals surface area contributed by atoms with Crippen LogP contribution in [-0.4, -0.2) is 174 Å². The summed E-state index contributed by atoms with van der Waals surface area (Å²) >= 11 is 6.04. The number of carbonyl (C=O) groups excluding carboxylic acids is 2. The highest BCUT2D eigenvalue weighted by atomic mass is 35.5. The van der Waals surface area contributed by atoms with E-state index >= 15 is 0 Å². The van der Waals surface area contributed by atoms with Gasteiger partial charge in [-0.1, -0.05) is 123 Å². The van der Waals surface area contributed by atoms with Gasteiger partial charge in [-0.25, -0.2) is 0 Å². The van der Waals surface area contributed by atoms with Crippen molar-refractivity contribution in [3.63, 3.8) is 0 Å². The van der Waals surface area contributed by atoms with Gasteiger partial charge in [-0.2, -0.15) is 0 Å². The molecule has 0 aromatic heterocycles. The zero-order valence-electron chi connectivity index (χ0n) is 42.7. The molecule has 18 nitrogen and oxygen atoms in total. The zero-order chi connectivity index (χ0) is 54.5. The van der Waals surface area contributed by atoms with Crippen LogP contribution in [0, 0.1) is 17.8 Å². The van der Waals surface area contributed by atoms with Gasteiger partial charge in [0.25, 0.3) is 0 Å². The van der Waals surface area contributed by atoms with E-state index in [-0.39, 0.29) is 31.6 Å². The second kappa shape index (κ2) is 31.1. The minimum absolute atomic E-state index is 0.134. The van der Waals surface area contributed by atoms with Crippen molar-refractivity contribution in [2.45, 2.75) is 177 Å². The molecule has 1 aromatic rings. The smallest absolute Gasteiger partial charge is 0.313 e. The van der Waals surface area contributed by atoms with Crippen molar-refractivity contribution in [3.05, 3.63) is 120 Å². The number of esters is 2. The summed E-state index contributed by atoms with van der Waals surface area (Å²) in [5.74, 6) is -6.02. The summed E-state index contributed by atoms with van der Waals surface area (Å²) in [6.45, 7) is 6.79. The minimum atomic E-state index is -2.26. The molecule has 10 N–H and O–H groups in total. The third kappa shape index (κ3) is 20.4. The van der Waals surface area contributed by atoms with E-state index in [0.29, 0.717) is 10.6 Å². The number of rotatable bonds is 5. The molecule has 74 heavy (non-hydrogen) atoms. The topological polar surface area (TPSA) is 295 Å². The second-order valence-corrected chi connectivity index (χ2v) is 19.9. The Morgan fingerprint density at radius 1 is 0.689 bits per heavy atom. The highest BCUT2D eigenvalue weighted by molar-refractivity contribution is 6.30. The first-order chi connectivity index (χ1) is 35.1. The van der Waals surface area contributed by atoms with Crippen molar-refractivity contribution in [2.75, 3.05) is 7.11 Å². The van der Waals surface area contributed by atoms with Gasteiger partial charge in [-0.3, -0.25) is 14.6 Å². The molecule has 3 aliphatic heterocycles. The van der Waals surface area contributed by atoms with Crippen LogP contribution >= 0.6 is 11.6 Å². The van der Waals surface area contributed by atoms with E-state index in [4.69, 9.17) is 35.3 Å². The Hall–Kier alpha value is -4.22. The van der Waals surface area contributed by atoms with E-state index in [2.05, 4.69) is 4.99 Å². The predicted octanol–water partition coefficient (Wildman–Crippen LogP) is 3.61. The van der Waals surface area contributed by atoms with E-state index in [1.165, 1.54) is 6.21 Å². The maximum atomic E-state index is 13.3. The molecule has 3 heterocycles. The highest BCUT2D eigenvalue weighted by Crippen LogP contribution is 2.39. The minimum Gasteiger partial charge on any atom is -0.469 e. The van der Waals surface area contributed by atoms with Crippen molar-refractivity contribution >= 4 is 29.8 Å². The van der Waals surface area contributed by atoms with Crippen LogP contribution in [0.2, 0.25) is 5.02 Å². The molecule has 4 rings (SSSR count). The molecule has 412 valence electrons. The number of aliphatic hydroxyl groups is 10. The molecule has 0 saturated carbocycles. The van der Waals surface area contributed by atoms with Gasteiger partial charge in [0.05, 0.1) is 74.6 Å². The number of aliphatic imine (C=N–C) groups is 1. The Balaban J connectivity index is 1.60. The van der Waals surface area contributed by atoms with Crippen molar-refractivity contribution in [3.8, 4) is 0 Å². The number of fused-ring (bicyclic) bond motifs is 2. The lowest BCUT2D eigenvalue weighted by Gasteiger charge is -2.45. The number of carbonyl (C=O) groups is 2. The molecule has 0 spiro atoms. The fraction of sp³-hybridized carbons (Fsp3) is 0.582. The number of aliphatic hydroxyl groups excluding tert-OH is 9. The fourth-order valence-corrected chi connectivity index (χ4v) is 9.06. The Morgan fingerprint density at radius 2 is 1.28 bits per heavy atom. The van der Waals surface area contributed by atoms with Crippen molar-refractivity contribution in [2.24, 2.45) is 22.7 Å².